The number of benzene rings is 1. The summed E-state index contributed by atoms with van der Waals surface area (Å²) >= 11 is 0. The van der Waals surface area contributed by atoms with Crippen molar-refractivity contribution in [2.45, 2.75) is 44.3 Å². The highest BCUT2D eigenvalue weighted by Crippen LogP contribution is 2.37. The van der Waals surface area contributed by atoms with Gasteiger partial charge in [-0.25, -0.2) is 13.2 Å². The maximum atomic E-state index is 14.8. The average molecular weight is 497 g/mol. The Kier molecular flexibility index (Phi) is 6.56. The molecular weight excluding hydrogens is 476 g/mol. The van der Waals surface area contributed by atoms with Gasteiger partial charge in [0.25, 0.3) is 11.8 Å². The zero-order valence-corrected chi connectivity index (χ0v) is 18.5. The Bertz CT molecular complexity index is 1180. The van der Waals surface area contributed by atoms with Crippen LogP contribution in [0.3, 0.4) is 0 Å². The minimum Gasteiger partial charge on any atom is -0.329 e. The third-order valence-corrected chi connectivity index (χ3v) is 6.03. The maximum Gasteiger partial charge on any atom is 0.417 e. The van der Waals surface area contributed by atoms with Gasteiger partial charge in [-0.3, -0.25) is 9.78 Å². The van der Waals surface area contributed by atoms with Crippen LogP contribution in [-0.4, -0.2) is 49.3 Å². The molecule has 186 valence electrons. The minimum atomic E-state index is -4.53. The molecule has 1 aliphatic rings. The highest BCUT2D eigenvalue weighted by atomic mass is 19.4. The Morgan fingerprint density at radius 1 is 1.14 bits per heavy atom. The van der Waals surface area contributed by atoms with Gasteiger partial charge in [-0.15, -0.1) is 0 Å². The van der Waals surface area contributed by atoms with Crippen molar-refractivity contribution in [2.24, 2.45) is 5.92 Å². The molecule has 3 aromatic rings. The maximum absolute atomic E-state index is 14.8. The fraction of sp³-hybridized carbons (Fsp3) is 0.391. The van der Waals surface area contributed by atoms with Crippen LogP contribution in [0.25, 0.3) is 5.69 Å². The molecule has 3 heterocycles. The first-order valence-electron chi connectivity index (χ1n) is 10.8. The first-order chi connectivity index (χ1) is 16.5. The fourth-order valence-corrected chi connectivity index (χ4v) is 4.42. The third kappa shape index (κ3) is 5.30. The van der Waals surface area contributed by atoms with E-state index in [0.29, 0.717) is 11.9 Å². The molecule has 0 N–H and O–H groups in total. The number of aryl methyl sites for hydroxylation is 1. The van der Waals surface area contributed by atoms with Crippen LogP contribution in [0, 0.1) is 11.7 Å². The number of carbonyl (C=O) groups is 1. The molecule has 1 aliphatic heterocycles. The monoisotopic (exact) mass is 497 g/mol. The zero-order chi connectivity index (χ0) is 25.4. The van der Waals surface area contributed by atoms with E-state index >= 15 is 0 Å². The summed E-state index contributed by atoms with van der Waals surface area (Å²) in [5.74, 6) is -5.69. The predicted molar refractivity (Wildman–Crippen MR) is 112 cm³/mol. The number of amides is 1. The summed E-state index contributed by atoms with van der Waals surface area (Å²) in [7, 11) is 0. The molecule has 0 spiro atoms. The van der Waals surface area contributed by atoms with Gasteiger partial charge in [0, 0.05) is 24.4 Å². The van der Waals surface area contributed by atoms with Crippen LogP contribution >= 0.6 is 0 Å². The summed E-state index contributed by atoms with van der Waals surface area (Å²) < 4.78 is 82.2. The highest BCUT2D eigenvalue weighted by molar-refractivity contribution is 5.98. The molecule has 0 saturated carbocycles. The van der Waals surface area contributed by atoms with E-state index in [1.807, 2.05) is 0 Å². The molecular formula is C23H21F6N5O. The molecule has 2 aromatic heterocycles. The average Bonchev–Trinajstić information content (AvgIpc) is 3.31. The van der Waals surface area contributed by atoms with E-state index in [-0.39, 0.29) is 18.5 Å². The molecule has 4 rings (SSSR count). The number of likely N-dealkylation sites (tertiary alicyclic amines) is 1. The van der Waals surface area contributed by atoms with Crippen LogP contribution in [0.5, 0.6) is 0 Å². The number of hydrogen-bond acceptors (Lipinski definition) is 4. The van der Waals surface area contributed by atoms with E-state index in [0.717, 1.165) is 21.8 Å². The predicted octanol–water partition coefficient (Wildman–Crippen LogP) is 4.94. The molecule has 0 bridgehead atoms. The van der Waals surface area contributed by atoms with Gasteiger partial charge in [-0.1, -0.05) is 13.0 Å². The quantitative estimate of drug-likeness (QED) is 0.469. The third-order valence-electron chi connectivity index (χ3n) is 6.03. The smallest absolute Gasteiger partial charge is 0.329 e. The van der Waals surface area contributed by atoms with Crippen molar-refractivity contribution < 1.29 is 31.1 Å². The number of piperidine rings is 1. The number of carbonyl (C=O) groups excluding carboxylic acids is 1. The first-order valence-corrected chi connectivity index (χ1v) is 10.8. The molecule has 0 aliphatic carbocycles. The van der Waals surface area contributed by atoms with Crippen molar-refractivity contribution >= 4 is 5.91 Å². The summed E-state index contributed by atoms with van der Waals surface area (Å²) in [5.41, 5.74) is -1.01. The second-order valence-corrected chi connectivity index (χ2v) is 8.56. The van der Waals surface area contributed by atoms with Crippen LogP contribution in [0.15, 0.2) is 48.9 Å². The lowest BCUT2D eigenvalue weighted by Gasteiger charge is -2.43. The van der Waals surface area contributed by atoms with Gasteiger partial charge in [-0.05, 0) is 43.0 Å². The molecule has 1 amide bonds. The van der Waals surface area contributed by atoms with E-state index in [1.54, 1.807) is 6.92 Å². The Hall–Kier alpha value is -3.44. The van der Waals surface area contributed by atoms with Gasteiger partial charge >= 0.3 is 6.18 Å². The van der Waals surface area contributed by atoms with Crippen LogP contribution in [-0.2, 0) is 12.6 Å². The normalized spacial score (nSPS) is 20.1. The van der Waals surface area contributed by atoms with E-state index in [4.69, 9.17) is 0 Å². The van der Waals surface area contributed by atoms with Crippen molar-refractivity contribution in [1.29, 1.82) is 0 Å². The van der Waals surface area contributed by atoms with Crippen molar-refractivity contribution in [3.05, 3.63) is 71.6 Å². The van der Waals surface area contributed by atoms with Crippen molar-refractivity contribution in [3.8, 4) is 5.69 Å². The molecule has 35 heavy (non-hydrogen) atoms. The van der Waals surface area contributed by atoms with Crippen molar-refractivity contribution in [3.63, 3.8) is 0 Å². The van der Waals surface area contributed by atoms with E-state index in [9.17, 15) is 31.1 Å². The molecule has 1 aromatic carbocycles. The van der Waals surface area contributed by atoms with E-state index in [2.05, 4.69) is 15.2 Å². The standard InChI is InChI=1S/C23H21F6N5O/c1-14-11-22(25,26)13-33(18(14)8-7-16-6-5-15(12-30-16)23(27,28)29)21(35)20-17(24)3-2-4-19(20)34-31-9-10-32-34/h2-6,9-10,12,14,18H,7-8,11,13H2,1H3/t14-,18-/m1/s1. The van der Waals surface area contributed by atoms with Crippen LogP contribution in [0.2, 0.25) is 0 Å². The first kappa shape index (κ1) is 24.7. The summed E-state index contributed by atoms with van der Waals surface area (Å²) in [6, 6.07) is 5.20. The van der Waals surface area contributed by atoms with Gasteiger partial charge in [0.15, 0.2) is 0 Å². The van der Waals surface area contributed by atoms with Gasteiger partial charge < -0.3 is 4.90 Å². The molecule has 12 heteroatoms. The number of rotatable bonds is 5. The lowest BCUT2D eigenvalue weighted by Crippen LogP contribution is -2.55. The number of hydrogen-bond donors (Lipinski definition) is 0. The van der Waals surface area contributed by atoms with Gasteiger partial charge in [0.2, 0.25) is 0 Å². The number of halogens is 6. The second kappa shape index (κ2) is 9.31. The molecule has 6 nitrogen and oxygen atoms in total. The second-order valence-electron chi connectivity index (χ2n) is 8.56. The van der Waals surface area contributed by atoms with Gasteiger partial charge in [0.05, 0.1) is 24.5 Å². The topological polar surface area (TPSA) is 63.9 Å². The van der Waals surface area contributed by atoms with Crippen LogP contribution in [0.1, 0.15) is 41.4 Å². The highest BCUT2D eigenvalue weighted by Gasteiger charge is 2.46. The number of nitrogens with zero attached hydrogens (tertiary/aromatic N) is 5. The van der Waals surface area contributed by atoms with E-state index < -0.39 is 59.9 Å². The number of aromatic nitrogens is 4. The summed E-state index contributed by atoms with van der Waals surface area (Å²) in [6.45, 7) is 0.650. The van der Waals surface area contributed by atoms with Gasteiger partial charge in [0.1, 0.15) is 17.1 Å². The van der Waals surface area contributed by atoms with Crippen molar-refractivity contribution in [1.82, 2.24) is 24.9 Å². The Balaban J connectivity index is 1.62. The van der Waals surface area contributed by atoms with Crippen molar-refractivity contribution in [2.75, 3.05) is 6.54 Å². The Labute approximate surface area is 196 Å². The molecule has 1 saturated heterocycles. The molecule has 2 atom stereocenters. The lowest BCUT2D eigenvalue weighted by molar-refractivity contribution is -0.137. The SMILES string of the molecule is C[C@@H]1CC(F)(F)CN(C(=O)c2c(F)cccc2-n2nccn2)[C@@H]1CCc1ccc(C(F)(F)F)cn1. The van der Waals surface area contributed by atoms with Crippen LogP contribution in [0.4, 0.5) is 26.3 Å². The number of alkyl halides is 5. The summed E-state index contributed by atoms with van der Waals surface area (Å²) in [6.07, 6.45) is -1.34. The van der Waals surface area contributed by atoms with Crippen LogP contribution < -0.4 is 0 Å². The summed E-state index contributed by atoms with van der Waals surface area (Å²) in [4.78, 5) is 19.3. The zero-order valence-electron chi connectivity index (χ0n) is 18.5. The fourth-order valence-electron chi connectivity index (χ4n) is 4.42. The Morgan fingerprint density at radius 3 is 2.49 bits per heavy atom. The van der Waals surface area contributed by atoms with Gasteiger partial charge in [-0.2, -0.15) is 28.2 Å². The molecule has 0 radical (unpaired) electrons. The Morgan fingerprint density at radius 2 is 1.86 bits per heavy atom. The molecule has 1 fully saturated rings. The summed E-state index contributed by atoms with van der Waals surface area (Å²) in [5, 5.41) is 7.82. The van der Waals surface area contributed by atoms with E-state index in [1.165, 1.54) is 30.6 Å². The minimum absolute atomic E-state index is 0.00435. The lowest BCUT2D eigenvalue weighted by atomic mass is 9.85. The molecule has 0 unspecified atom stereocenters. The number of pyridine rings is 1. The largest absolute Gasteiger partial charge is 0.417 e.